The second-order valence-corrected chi connectivity index (χ2v) is 5.63. The Hall–Kier alpha value is -3.77. The van der Waals surface area contributed by atoms with E-state index in [0.717, 1.165) is 5.56 Å². The van der Waals surface area contributed by atoms with Crippen molar-refractivity contribution in [3.63, 3.8) is 0 Å². The second kappa shape index (κ2) is 9.65. The fraction of sp³-hybridized carbons (Fsp3) is 0.190. The number of allylic oxidation sites excluding steroid dienone is 1. The molecule has 0 fully saturated rings. The molecule has 136 valence electrons. The Morgan fingerprint density at radius 1 is 1.11 bits per heavy atom. The maximum Gasteiger partial charge on any atom is 0.262 e. The minimum absolute atomic E-state index is 0.0105. The van der Waals surface area contributed by atoms with Crippen LogP contribution in [0.3, 0.4) is 0 Å². The van der Waals surface area contributed by atoms with Crippen molar-refractivity contribution < 1.29 is 14.3 Å². The predicted octanol–water partition coefficient (Wildman–Crippen LogP) is 3.84. The lowest BCUT2D eigenvalue weighted by Gasteiger charge is -2.13. The molecule has 0 aliphatic carbocycles. The molecule has 0 aliphatic heterocycles. The van der Waals surface area contributed by atoms with Crippen LogP contribution in [0.5, 0.6) is 11.5 Å². The van der Waals surface area contributed by atoms with Gasteiger partial charge in [-0.3, -0.25) is 4.79 Å². The molecule has 0 spiro atoms. The van der Waals surface area contributed by atoms with Crippen LogP contribution in [0.25, 0.3) is 6.08 Å². The summed E-state index contributed by atoms with van der Waals surface area (Å²) in [5.41, 5.74) is 2.37. The van der Waals surface area contributed by atoms with Crippen molar-refractivity contribution in [1.82, 2.24) is 0 Å². The van der Waals surface area contributed by atoms with E-state index < -0.39 is 0 Å². The van der Waals surface area contributed by atoms with Crippen LogP contribution in [0.4, 0.5) is 5.69 Å². The summed E-state index contributed by atoms with van der Waals surface area (Å²) in [4.78, 5) is 12.1. The van der Waals surface area contributed by atoms with Crippen LogP contribution in [-0.4, -0.2) is 19.1 Å². The standard InChI is InChI=1S/C21H19N3O3/c1-3-26-20-11-16(10-17(12-22)13-23)7-8-19(20)27-14-21(25)24-18-6-4-5-15(2)9-18/h4-11H,3,14H2,1-2H3,(H,24,25). The van der Waals surface area contributed by atoms with E-state index in [9.17, 15) is 4.79 Å². The Morgan fingerprint density at radius 3 is 2.56 bits per heavy atom. The smallest absolute Gasteiger partial charge is 0.262 e. The molecular formula is C21H19N3O3. The monoisotopic (exact) mass is 361 g/mol. The van der Waals surface area contributed by atoms with E-state index in [1.165, 1.54) is 6.08 Å². The van der Waals surface area contributed by atoms with Crippen LogP contribution in [0, 0.1) is 29.6 Å². The molecule has 6 heteroatoms. The lowest BCUT2D eigenvalue weighted by atomic mass is 10.1. The lowest BCUT2D eigenvalue weighted by Crippen LogP contribution is -2.20. The number of aryl methyl sites for hydroxylation is 1. The fourth-order valence-electron chi connectivity index (χ4n) is 2.32. The van der Waals surface area contributed by atoms with E-state index in [2.05, 4.69) is 5.32 Å². The Morgan fingerprint density at radius 2 is 1.89 bits per heavy atom. The first-order chi connectivity index (χ1) is 13.0. The fourth-order valence-corrected chi connectivity index (χ4v) is 2.32. The molecule has 1 N–H and O–H groups in total. The highest BCUT2D eigenvalue weighted by atomic mass is 16.5. The van der Waals surface area contributed by atoms with Gasteiger partial charge in [0.25, 0.3) is 5.91 Å². The average molecular weight is 361 g/mol. The van der Waals surface area contributed by atoms with Gasteiger partial charge in [-0.25, -0.2) is 0 Å². The highest BCUT2D eigenvalue weighted by Gasteiger charge is 2.10. The van der Waals surface area contributed by atoms with Crippen LogP contribution >= 0.6 is 0 Å². The molecule has 0 atom stereocenters. The van der Waals surface area contributed by atoms with Gasteiger partial charge in [0.1, 0.15) is 17.7 Å². The molecule has 2 aromatic carbocycles. The Labute approximate surface area is 158 Å². The summed E-state index contributed by atoms with van der Waals surface area (Å²) in [5, 5.41) is 20.5. The van der Waals surface area contributed by atoms with Gasteiger partial charge in [0.05, 0.1) is 6.61 Å². The van der Waals surface area contributed by atoms with E-state index in [0.29, 0.717) is 29.4 Å². The van der Waals surface area contributed by atoms with Gasteiger partial charge in [-0.2, -0.15) is 10.5 Å². The van der Waals surface area contributed by atoms with E-state index in [4.69, 9.17) is 20.0 Å². The van der Waals surface area contributed by atoms with Gasteiger partial charge in [0.15, 0.2) is 18.1 Å². The number of hydrogen-bond donors (Lipinski definition) is 1. The summed E-state index contributed by atoms with van der Waals surface area (Å²) in [6.45, 7) is 4.00. The Balaban J connectivity index is 2.09. The SMILES string of the molecule is CCOc1cc(C=C(C#N)C#N)ccc1OCC(=O)Nc1cccc(C)c1. The van der Waals surface area contributed by atoms with E-state index in [-0.39, 0.29) is 18.1 Å². The summed E-state index contributed by atoms with van der Waals surface area (Å²) >= 11 is 0. The zero-order valence-electron chi connectivity index (χ0n) is 15.2. The molecule has 0 aromatic heterocycles. The summed E-state index contributed by atoms with van der Waals surface area (Å²) < 4.78 is 11.1. The molecule has 0 saturated carbocycles. The van der Waals surface area contributed by atoms with Crippen molar-refractivity contribution in [2.75, 3.05) is 18.5 Å². The van der Waals surface area contributed by atoms with Crippen LogP contribution in [0.1, 0.15) is 18.1 Å². The van der Waals surface area contributed by atoms with Gasteiger partial charge < -0.3 is 14.8 Å². The molecule has 0 unspecified atom stereocenters. The highest BCUT2D eigenvalue weighted by molar-refractivity contribution is 5.92. The normalized spacial score (nSPS) is 9.48. The molecule has 1 amide bonds. The maximum atomic E-state index is 12.1. The van der Waals surface area contributed by atoms with E-state index >= 15 is 0 Å². The van der Waals surface area contributed by atoms with Crippen molar-refractivity contribution in [3.05, 3.63) is 59.2 Å². The van der Waals surface area contributed by atoms with Crippen molar-refractivity contribution in [1.29, 1.82) is 10.5 Å². The third kappa shape index (κ3) is 5.91. The quantitative estimate of drug-likeness (QED) is 0.756. The van der Waals surface area contributed by atoms with Gasteiger partial charge in [-0.15, -0.1) is 0 Å². The minimum atomic E-state index is -0.289. The molecule has 0 aliphatic rings. The average Bonchev–Trinajstić information content (AvgIpc) is 2.65. The molecule has 2 aromatic rings. The number of nitriles is 2. The van der Waals surface area contributed by atoms with Gasteiger partial charge >= 0.3 is 0 Å². The number of amides is 1. The lowest BCUT2D eigenvalue weighted by molar-refractivity contribution is -0.118. The summed E-state index contributed by atoms with van der Waals surface area (Å²) in [6.07, 6.45) is 1.46. The summed E-state index contributed by atoms with van der Waals surface area (Å²) in [6, 6.07) is 16.1. The number of hydrogen-bond acceptors (Lipinski definition) is 5. The topological polar surface area (TPSA) is 95.1 Å². The number of ether oxygens (including phenoxy) is 2. The van der Waals surface area contributed by atoms with Crippen molar-refractivity contribution in [3.8, 4) is 23.6 Å². The van der Waals surface area contributed by atoms with Crippen molar-refractivity contribution >= 4 is 17.7 Å². The third-order valence-corrected chi connectivity index (χ3v) is 3.48. The third-order valence-electron chi connectivity index (χ3n) is 3.48. The molecule has 0 saturated heterocycles. The van der Waals surface area contributed by atoms with Crippen molar-refractivity contribution in [2.24, 2.45) is 0 Å². The summed E-state index contributed by atoms with van der Waals surface area (Å²) in [5.74, 6) is 0.553. The zero-order chi connectivity index (χ0) is 19.6. The van der Waals surface area contributed by atoms with Crippen molar-refractivity contribution in [2.45, 2.75) is 13.8 Å². The number of nitrogens with zero attached hydrogens (tertiary/aromatic N) is 2. The molecule has 0 radical (unpaired) electrons. The number of rotatable bonds is 7. The largest absolute Gasteiger partial charge is 0.490 e. The van der Waals surface area contributed by atoms with Gasteiger partial charge in [-0.1, -0.05) is 18.2 Å². The van der Waals surface area contributed by atoms with Crippen LogP contribution < -0.4 is 14.8 Å². The molecule has 27 heavy (non-hydrogen) atoms. The predicted molar refractivity (Wildman–Crippen MR) is 102 cm³/mol. The maximum absolute atomic E-state index is 12.1. The first-order valence-corrected chi connectivity index (χ1v) is 8.33. The van der Waals surface area contributed by atoms with Gasteiger partial charge in [0.2, 0.25) is 0 Å². The van der Waals surface area contributed by atoms with Crippen LogP contribution in [0.2, 0.25) is 0 Å². The molecule has 2 rings (SSSR count). The Bertz CT molecular complexity index is 920. The van der Waals surface area contributed by atoms with Crippen LogP contribution in [-0.2, 0) is 4.79 Å². The van der Waals surface area contributed by atoms with E-state index in [1.807, 2.05) is 44.2 Å². The van der Waals surface area contributed by atoms with Gasteiger partial charge in [-0.05, 0) is 55.3 Å². The highest BCUT2D eigenvalue weighted by Crippen LogP contribution is 2.29. The van der Waals surface area contributed by atoms with Crippen LogP contribution in [0.15, 0.2) is 48.0 Å². The van der Waals surface area contributed by atoms with Gasteiger partial charge in [0, 0.05) is 5.69 Å². The Kier molecular flexibility index (Phi) is 6.99. The zero-order valence-corrected chi connectivity index (χ0v) is 15.2. The first kappa shape index (κ1) is 19.6. The number of carbonyl (C=O) groups excluding carboxylic acids is 1. The molecular weight excluding hydrogens is 342 g/mol. The number of anilines is 1. The molecule has 0 bridgehead atoms. The number of nitrogens with one attached hydrogen (secondary N) is 1. The second-order valence-electron chi connectivity index (χ2n) is 5.63. The molecule has 0 heterocycles. The number of carbonyl (C=O) groups is 1. The number of benzene rings is 2. The molecule has 6 nitrogen and oxygen atoms in total. The first-order valence-electron chi connectivity index (χ1n) is 8.33. The summed E-state index contributed by atoms with van der Waals surface area (Å²) in [7, 11) is 0. The minimum Gasteiger partial charge on any atom is -0.490 e. The van der Waals surface area contributed by atoms with E-state index in [1.54, 1.807) is 24.3 Å².